The predicted octanol–water partition coefficient (Wildman–Crippen LogP) is 2.23. The van der Waals surface area contributed by atoms with E-state index in [-0.39, 0.29) is 23.9 Å². The van der Waals surface area contributed by atoms with Crippen LogP contribution in [-0.2, 0) is 4.79 Å². The minimum absolute atomic E-state index is 0.0383. The molecule has 0 unspecified atom stereocenters. The number of nitrogens with zero attached hydrogens (tertiary/aromatic N) is 1. The van der Waals surface area contributed by atoms with Crippen LogP contribution >= 0.6 is 0 Å². The number of hydrogen-bond acceptors (Lipinski definition) is 4. The third-order valence-corrected chi connectivity index (χ3v) is 3.54. The fraction of sp³-hybridized carbons (Fsp3) is 0.533. The predicted molar refractivity (Wildman–Crippen MR) is 80.9 cm³/mol. The molecule has 3 N–H and O–H groups in total. The van der Waals surface area contributed by atoms with Crippen LogP contribution < -0.4 is 15.8 Å². The summed E-state index contributed by atoms with van der Waals surface area (Å²) >= 11 is 0. The van der Waals surface area contributed by atoms with Gasteiger partial charge in [-0.25, -0.2) is 4.39 Å². The Morgan fingerprint density at radius 2 is 2.10 bits per heavy atom. The molecule has 0 radical (unpaired) electrons. The van der Waals surface area contributed by atoms with E-state index in [1.807, 2.05) is 4.90 Å². The van der Waals surface area contributed by atoms with Crippen molar-refractivity contribution in [3.8, 4) is 5.75 Å². The van der Waals surface area contributed by atoms with Crippen LogP contribution in [0.4, 0.5) is 15.8 Å². The molecular formula is C15H22FN3O2. The molecule has 0 bridgehead atoms. The maximum absolute atomic E-state index is 13.6. The van der Waals surface area contributed by atoms with Crippen LogP contribution in [0.15, 0.2) is 12.1 Å². The molecule has 1 aliphatic heterocycles. The van der Waals surface area contributed by atoms with Gasteiger partial charge in [0.25, 0.3) is 0 Å². The van der Waals surface area contributed by atoms with E-state index >= 15 is 0 Å². The lowest BCUT2D eigenvalue weighted by Crippen LogP contribution is -2.39. The summed E-state index contributed by atoms with van der Waals surface area (Å²) in [6, 6.07) is 2.70. The van der Waals surface area contributed by atoms with Crippen molar-refractivity contribution in [2.45, 2.75) is 26.2 Å². The van der Waals surface area contributed by atoms with Crippen molar-refractivity contribution >= 4 is 17.3 Å². The normalized spacial score (nSPS) is 14.9. The monoisotopic (exact) mass is 295 g/mol. The average Bonchev–Trinajstić information content (AvgIpc) is 2.49. The first kappa shape index (κ1) is 15.4. The fourth-order valence-corrected chi connectivity index (χ4v) is 2.41. The largest absolute Gasteiger partial charge is 0.491 e. The second-order valence-electron chi connectivity index (χ2n) is 5.10. The van der Waals surface area contributed by atoms with Crippen molar-refractivity contribution in [3.63, 3.8) is 0 Å². The number of benzene rings is 1. The van der Waals surface area contributed by atoms with Gasteiger partial charge in [0, 0.05) is 25.2 Å². The third kappa shape index (κ3) is 4.00. The first-order valence-corrected chi connectivity index (χ1v) is 7.35. The summed E-state index contributed by atoms with van der Waals surface area (Å²) in [4.78, 5) is 13.9. The minimum atomic E-state index is -0.498. The zero-order valence-electron chi connectivity index (χ0n) is 12.3. The van der Waals surface area contributed by atoms with Crippen LogP contribution in [0.3, 0.4) is 0 Å². The van der Waals surface area contributed by atoms with E-state index in [1.165, 1.54) is 18.6 Å². The van der Waals surface area contributed by atoms with Gasteiger partial charge in [-0.3, -0.25) is 4.79 Å². The Labute approximate surface area is 124 Å². The summed E-state index contributed by atoms with van der Waals surface area (Å²) in [5.41, 5.74) is 6.55. The Morgan fingerprint density at radius 1 is 1.38 bits per heavy atom. The van der Waals surface area contributed by atoms with Crippen LogP contribution in [0.25, 0.3) is 0 Å². The molecule has 1 aromatic carbocycles. The van der Waals surface area contributed by atoms with Gasteiger partial charge in [-0.1, -0.05) is 0 Å². The van der Waals surface area contributed by atoms with Crippen LogP contribution in [0, 0.1) is 5.82 Å². The topological polar surface area (TPSA) is 67.6 Å². The molecule has 0 aliphatic carbocycles. The molecule has 116 valence electrons. The van der Waals surface area contributed by atoms with Crippen LogP contribution in [-0.4, -0.2) is 37.0 Å². The molecule has 1 saturated heterocycles. The van der Waals surface area contributed by atoms with Crippen LogP contribution in [0.2, 0.25) is 0 Å². The van der Waals surface area contributed by atoms with Gasteiger partial charge in [0.15, 0.2) is 11.6 Å². The molecule has 1 aliphatic rings. The summed E-state index contributed by atoms with van der Waals surface area (Å²) in [5, 5.41) is 2.97. The Bertz CT molecular complexity index is 502. The molecule has 0 aromatic heterocycles. The number of likely N-dealkylation sites (tertiary alicyclic amines) is 1. The zero-order valence-corrected chi connectivity index (χ0v) is 12.3. The van der Waals surface area contributed by atoms with E-state index in [4.69, 9.17) is 10.5 Å². The van der Waals surface area contributed by atoms with Crippen LogP contribution in [0.1, 0.15) is 26.2 Å². The number of carbonyl (C=O) groups excluding carboxylic acids is 1. The molecule has 5 nitrogen and oxygen atoms in total. The first-order valence-electron chi connectivity index (χ1n) is 7.35. The summed E-state index contributed by atoms with van der Waals surface area (Å²) in [6.07, 6.45) is 3.29. The zero-order chi connectivity index (χ0) is 15.2. The van der Waals surface area contributed by atoms with Crippen molar-refractivity contribution in [1.82, 2.24) is 4.90 Å². The molecule has 1 amide bonds. The lowest BCUT2D eigenvalue weighted by molar-refractivity contribution is -0.130. The second-order valence-corrected chi connectivity index (χ2v) is 5.10. The number of amides is 1. The quantitative estimate of drug-likeness (QED) is 0.817. The molecule has 0 spiro atoms. The minimum Gasteiger partial charge on any atom is -0.491 e. The number of anilines is 2. The Hall–Kier alpha value is -1.98. The number of ether oxygens (including phenoxy) is 1. The van der Waals surface area contributed by atoms with Gasteiger partial charge in [0.05, 0.1) is 24.5 Å². The molecule has 6 heteroatoms. The number of rotatable bonds is 5. The summed E-state index contributed by atoms with van der Waals surface area (Å²) in [5.74, 6) is -0.321. The molecule has 0 saturated carbocycles. The Balaban J connectivity index is 1.98. The number of hydrogen-bond donors (Lipinski definition) is 2. The molecule has 21 heavy (non-hydrogen) atoms. The Kier molecular flexibility index (Phi) is 5.25. The van der Waals surface area contributed by atoms with Crippen molar-refractivity contribution in [1.29, 1.82) is 0 Å². The smallest absolute Gasteiger partial charge is 0.241 e. The maximum atomic E-state index is 13.6. The highest BCUT2D eigenvalue weighted by molar-refractivity contribution is 5.82. The summed E-state index contributed by atoms with van der Waals surface area (Å²) < 4.78 is 18.8. The van der Waals surface area contributed by atoms with Crippen molar-refractivity contribution in [2.24, 2.45) is 0 Å². The average molecular weight is 295 g/mol. The second kappa shape index (κ2) is 7.15. The first-order chi connectivity index (χ1) is 10.1. The van der Waals surface area contributed by atoms with E-state index in [9.17, 15) is 9.18 Å². The van der Waals surface area contributed by atoms with Gasteiger partial charge in [0.1, 0.15) is 0 Å². The van der Waals surface area contributed by atoms with Crippen molar-refractivity contribution in [2.75, 3.05) is 37.3 Å². The van der Waals surface area contributed by atoms with Crippen molar-refractivity contribution < 1.29 is 13.9 Å². The van der Waals surface area contributed by atoms with E-state index in [0.717, 1.165) is 25.9 Å². The number of nitrogen functional groups attached to an aromatic ring is 1. The highest BCUT2D eigenvalue weighted by Gasteiger charge is 2.17. The lowest BCUT2D eigenvalue weighted by atomic mass is 10.1. The molecule has 1 heterocycles. The standard InChI is InChI=1S/C15H22FN3O2/c1-2-21-14-9-13(12(17)8-11(14)16)18-10-15(20)19-6-4-3-5-7-19/h8-9,18H,2-7,10,17H2,1H3. The lowest BCUT2D eigenvalue weighted by Gasteiger charge is -2.27. The van der Waals surface area contributed by atoms with Crippen molar-refractivity contribution in [3.05, 3.63) is 17.9 Å². The number of carbonyl (C=O) groups is 1. The molecule has 1 aromatic rings. The molecule has 1 fully saturated rings. The van der Waals surface area contributed by atoms with E-state index in [0.29, 0.717) is 12.3 Å². The SMILES string of the molecule is CCOc1cc(NCC(=O)N2CCCCC2)c(N)cc1F. The Morgan fingerprint density at radius 3 is 2.76 bits per heavy atom. The van der Waals surface area contributed by atoms with Gasteiger partial charge in [-0.2, -0.15) is 0 Å². The summed E-state index contributed by atoms with van der Waals surface area (Å²) in [6.45, 7) is 3.92. The summed E-state index contributed by atoms with van der Waals surface area (Å²) in [7, 11) is 0. The number of nitrogens with one attached hydrogen (secondary N) is 1. The molecular weight excluding hydrogens is 273 g/mol. The van der Waals surface area contributed by atoms with E-state index < -0.39 is 5.82 Å². The number of nitrogens with two attached hydrogens (primary N) is 1. The third-order valence-electron chi connectivity index (χ3n) is 3.54. The van der Waals surface area contributed by atoms with Gasteiger partial charge in [-0.05, 0) is 26.2 Å². The highest BCUT2D eigenvalue weighted by Crippen LogP contribution is 2.28. The maximum Gasteiger partial charge on any atom is 0.241 e. The van der Waals surface area contributed by atoms with Crippen LogP contribution in [0.5, 0.6) is 5.75 Å². The number of halogens is 1. The van der Waals surface area contributed by atoms with Gasteiger partial charge in [-0.15, -0.1) is 0 Å². The van der Waals surface area contributed by atoms with Gasteiger partial charge < -0.3 is 20.7 Å². The fourth-order valence-electron chi connectivity index (χ4n) is 2.41. The molecule has 0 atom stereocenters. The van der Waals surface area contributed by atoms with E-state index in [2.05, 4.69) is 5.32 Å². The van der Waals surface area contributed by atoms with Gasteiger partial charge in [0.2, 0.25) is 5.91 Å². The molecule has 2 rings (SSSR count). The van der Waals surface area contributed by atoms with E-state index in [1.54, 1.807) is 6.92 Å². The highest BCUT2D eigenvalue weighted by atomic mass is 19.1. The number of piperidine rings is 1. The van der Waals surface area contributed by atoms with Gasteiger partial charge >= 0.3 is 0 Å².